The van der Waals surface area contributed by atoms with E-state index in [-0.39, 0.29) is 5.91 Å². The highest BCUT2D eigenvalue weighted by Crippen LogP contribution is 2.15. The van der Waals surface area contributed by atoms with Crippen LogP contribution in [0.3, 0.4) is 0 Å². The third-order valence-corrected chi connectivity index (χ3v) is 3.13. The van der Waals surface area contributed by atoms with Gasteiger partial charge in [0, 0.05) is 38.1 Å². The highest BCUT2D eigenvalue weighted by molar-refractivity contribution is 9.10. The molecule has 1 rings (SSSR count). The number of hydrogen-bond donors (Lipinski definition) is 1. The number of carbonyl (C=O) groups is 1. The van der Waals surface area contributed by atoms with Crippen LogP contribution in [0.2, 0.25) is 0 Å². The van der Waals surface area contributed by atoms with Crippen LogP contribution in [0.5, 0.6) is 0 Å². The predicted molar refractivity (Wildman–Crippen MR) is 73.9 cm³/mol. The molecule has 1 aromatic rings. The summed E-state index contributed by atoms with van der Waals surface area (Å²) in [5.74, 6) is 0.157. The van der Waals surface area contributed by atoms with E-state index in [1.165, 1.54) is 11.1 Å². The van der Waals surface area contributed by atoms with Crippen LogP contribution in [0, 0.1) is 6.92 Å². The van der Waals surface area contributed by atoms with E-state index in [2.05, 4.69) is 40.3 Å². The average Bonchev–Trinajstić information content (AvgIpc) is 2.26. The molecule has 0 aromatic heterocycles. The van der Waals surface area contributed by atoms with E-state index in [1.54, 1.807) is 19.0 Å². The number of nitrogens with zero attached hydrogens (tertiary/aromatic N) is 1. The first-order valence-electron chi connectivity index (χ1n) is 5.66. The molecule has 17 heavy (non-hydrogen) atoms. The molecule has 0 unspecified atom stereocenters. The van der Waals surface area contributed by atoms with E-state index in [0.29, 0.717) is 13.0 Å². The molecular formula is C13H19BrN2O. The smallest absolute Gasteiger partial charge is 0.223 e. The van der Waals surface area contributed by atoms with Gasteiger partial charge in [0.05, 0.1) is 0 Å². The van der Waals surface area contributed by atoms with E-state index in [0.717, 1.165) is 11.0 Å². The third-order valence-electron chi connectivity index (χ3n) is 2.63. The van der Waals surface area contributed by atoms with Crippen LogP contribution in [0.1, 0.15) is 17.5 Å². The molecule has 0 saturated heterocycles. The van der Waals surface area contributed by atoms with Crippen molar-refractivity contribution in [1.29, 1.82) is 0 Å². The lowest BCUT2D eigenvalue weighted by Crippen LogP contribution is -2.26. The van der Waals surface area contributed by atoms with Crippen LogP contribution in [-0.4, -0.2) is 31.4 Å². The lowest BCUT2D eigenvalue weighted by Gasteiger charge is -2.11. The normalized spacial score (nSPS) is 10.4. The van der Waals surface area contributed by atoms with E-state index in [1.807, 2.05) is 6.07 Å². The number of aryl methyl sites for hydroxylation is 1. The summed E-state index contributed by atoms with van der Waals surface area (Å²) >= 11 is 3.44. The Labute approximate surface area is 111 Å². The Bertz CT molecular complexity index is 391. The molecule has 0 bridgehead atoms. The summed E-state index contributed by atoms with van der Waals surface area (Å²) in [7, 11) is 3.56. The summed E-state index contributed by atoms with van der Waals surface area (Å²) in [5, 5.41) is 3.28. The van der Waals surface area contributed by atoms with Crippen LogP contribution < -0.4 is 5.32 Å². The van der Waals surface area contributed by atoms with Crippen molar-refractivity contribution >= 4 is 21.8 Å². The maximum Gasteiger partial charge on any atom is 0.223 e. The van der Waals surface area contributed by atoms with Gasteiger partial charge in [0.1, 0.15) is 0 Å². The highest BCUT2D eigenvalue weighted by atomic mass is 79.9. The Hall–Kier alpha value is -0.870. The van der Waals surface area contributed by atoms with Gasteiger partial charge >= 0.3 is 0 Å². The topological polar surface area (TPSA) is 32.3 Å². The van der Waals surface area contributed by atoms with Crippen LogP contribution in [0.25, 0.3) is 0 Å². The van der Waals surface area contributed by atoms with Gasteiger partial charge in [0.15, 0.2) is 0 Å². The predicted octanol–water partition coefficient (Wildman–Crippen LogP) is 2.33. The van der Waals surface area contributed by atoms with Crippen LogP contribution in [0.15, 0.2) is 22.7 Å². The Balaban J connectivity index is 2.34. The van der Waals surface area contributed by atoms with Crippen molar-refractivity contribution in [3.8, 4) is 0 Å². The van der Waals surface area contributed by atoms with Gasteiger partial charge in [-0.25, -0.2) is 0 Å². The molecule has 1 aromatic carbocycles. The number of carbonyl (C=O) groups excluding carboxylic acids is 1. The minimum atomic E-state index is 0.157. The molecule has 0 radical (unpaired) electrons. The van der Waals surface area contributed by atoms with E-state index in [4.69, 9.17) is 0 Å². The molecule has 0 aliphatic heterocycles. The monoisotopic (exact) mass is 298 g/mol. The van der Waals surface area contributed by atoms with Crippen LogP contribution in [-0.2, 0) is 11.3 Å². The van der Waals surface area contributed by atoms with Crippen molar-refractivity contribution in [2.24, 2.45) is 0 Å². The van der Waals surface area contributed by atoms with E-state index < -0.39 is 0 Å². The zero-order chi connectivity index (χ0) is 12.8. The van der Waals surface area contributed by atoms with Gasteiger partial charge < -0.3 is 10.2 Å². The fraction of sp³-hybridized carbons (Fsp3) is 0.462. The molecule has 0 aliphatic carbocycles. The molecule has 1 N–H and O–H groups in total. The fourth-order valence-corrected chi connectivity index (χ4v) is 1.98. The van der Waals surface area contributed by atoms with Gasteiger partial charge in [-0.15, -0.1) is 0 Å². The summed E-state index contributed by atoms with van der Waals surface area (Å²) < 4.78 is 1.10. The lowest BCUT2D eigenvalue weighted by molar-refractivity contribution is -0.128. The van der Waals surface area contributed by atoms with Crippen molar-refractivity contribution in [2.75, 3.05) is 20.6 Å². The standard InChI is InChI=1S/C13H19BrN2O/c1-10-8-12(14)5-4-11(10)9-15-7-6-13(17)16(2)3/h4-5,8,15H,6-7,9H2,1-3H3. The molecular weight excluding hydrogens is 280 g/mol. The summed E-state index contributed by atoms with van der Waals surface area (Å²) in [4.78, 5) is 13.0. The Morgan fingerprint density at radius 3 is 2.71 bits per heavy atom. The van der Waals surface area contributed by atoms with Crippen LogP contribution in [0.4, 0.5) is 0 Å². The first-order valence-corrected chi connectivity index (χ1v) is 6.46. The largest absolute Gasteiger partial charge is 0.349 e. The molecule has 94 valence electrons. The van der Waals surface area contributed by atoms with Crippen molar-refractivity contribution in [1.82, 2.24) is 10.2 Å². The highest BCUT2D eigenvalue weighted by Gasteiger charge is 2.03. The first-order chi connectivity index (χ1) is 8.00. The summed E-state index contributed by atoms with van der Waals surface area (Å²) in [6.07, 6.45) is 0.544. The summed E-state index contributed by atoms with van der Waals surface area (Å²) in [5.41, 5.74) is 2.52. The van der Waals surface area contributed by atoms with Crippen molar-refractivity contribution in [3.63, 3.8) is 0 Å². The first kappa shape index (κ1) is 14.2. The molecule has 0 aliphatic rings. The molecule has 0 saturated carbocycles. The van der Waals surface area contributed by atoms with E-state index in [9.17, 15) is 4.79 Å². The average molecular weight is 299 g/mol. The number of hydrogen-bond acceptors (Lipinski definition) is 2. The van der Waals surface area contributed by atoms with Crippen molar-refractivity contribution < 1.29 is 4.79 Å². The molecule has 0 atom stereocenters. The zero-order valence-electron chi connectivity index (χ0n) is 10.6. The number of rotatable bonds is 5. The Morgan fingerprint density at radius 2 is 2.12 bits per heavy atom. The van der Waals surface area contributed by atoms with Crippen LogP contribution >= 0.6 is 15.9 Å². The number of nitrogens with one attached hydrogen (secondary N) is 1. The molecule has 0 heterocycles. The molecule has 4 heteroatoms. The molecule has 0 spiro atoms. The number of amides is 1. The van der Waals surface area contributed by atoms with Gasteiger partial charge in [0.2, 0.25) is 5.91 Å². The molecule has 3 nitrogen and oxygen atoms in total. The van der Waals surface area contributed by atoms with E-state index >= 15 is 0 Å². The van der Waals surface area contributed by atoms with Gasteiger partial charge in [-0.1, -0.05) is 22.0 Å². The quantitative estimate of drug-likeness (QED) is 0.846. The van der Waals surface area contributed by atoms with Crippen molar-refractivity contribution in [3.05, 3.63) is 33.8 Å². The Morgan fingerprint density at radius 1 is 1.41 bits per heavy atom. The molecule has 0 fully saturated rings. The fourth-order valence-electron chi connectivity index (χ4n) is 1.50. The van der Waals surface area contributed by atoms with Gasteiger partial charge in [-0.2, -0.15) is 0 Å². The van der Waals surface area contributed by atoms with Gasteiger partial charge in [0.25, 0.3) is 0 Å². The minimum absolute atomic E-state index is 0.157. The summed E-state index contributed by atoms with van der Waals surface area (Å²) in [6, 6.07) is 6.23. The lowest BCUT2D eigenvalue weighted by atomic mass is 10.1. The third kappa shape index (κ3) is 4.88. The second-order valence-corrected chi connectivity index (χ2v) is 5.20. The second kappa shape index (κ2) is 6.77. The minimum Gasteiger partial charge on any atom is -0.349 e. The zero-order valence-corrected chi connectivity index (χ0v) is 12.2. The van der Waals surface area contributed by atoms with Gasteiger partial charge in [-0.05, 0) is 30.2 Å². The number of halogens is 1. The van der Waals surface area contributed by atoms with Crippen molar-refractivity contribution in [2.45, 2.75) is 19.9 Å². The Kier molecular flexibility index (Phi) is 5.65. The maximum absolute atomic E-state index is 11.3. The number of benzene rings is 1. The molecule has 1 amide bonds. The second-order valence-electron chi connectivity index (χ2n) is 4.29. The van der Waals surface area contributed by atoms with Gasteiger partial charge in [-0.3, -0.25) is 4.79 Å². The SMILES string of the molecule is Cc1cc(Br)ccc1CNCCC(=O)N(C)C. The summed E-state index contributed by atoms with van der Waals surface area (Å²) in [6.45, 7) is 3.61. The maximum atomic E-state index is 11.3.